The first-order chi connectivity index (χ1) is 6.96. The van der Waals surface area contributed by atoms with Crippen LogP contribution in [-0.4, -0.2) is 0 Å². The Hall–Kier alpha value is -0.520. The molecule has 2 fully saturated rings. The Morgan fingerprint density at radius 3 is 2.67 bits per heavy atom. The molecule has 0 radical (unpaired) electrons. The lowest BCUT2D eigenvalue weighted by Crippen LogP contribution is -2.38. The molecule has 0 aromatic heterocycles. The topological polar surface area (TPSA) is 0 Å². The second kappa shape index (κ2) is 2.42. The average Bonchev–Trinajstić information content (AvgIpc) is 2.68. The first-order valence-electron chi connectivity index (χ1n) is 6.32. The Balaban J connectivity index is 2.25. The van der Waals surface area contributed by atoms with Crippen molar-refractivity contribution in [2.24, 2.45) is 16.2 Å². The third kappa shape index (κ3) is 0.756. The molecule has 3 aliphatic carbocycles. The molecule has 15 heavy (non-hydrogen) atoms. The number of hydrogen-bond donors (Lipinski definition) is 0. The predicted molar refractivity (Wildman–Crippen MR) is 64.6 cm³/mol. The Morgan fingerprint density at radius 1 is 1.27 bits per heavy atom. The quantitative estimate of drug-likeness (QED) is 0.508. The molecule has 0 aromatic rings. The molecule has 0 bridgehead atoms. The number of hydrogen-bond acceptors (Lipinski definition) is 0. The zero-order chi connectivity index (χ0) is 10.9. The third-order valence-corrected chi connectivity index (χ3v) is 5.96. The summed E-state index contributed by atoms with van der Waals surface area (Å²) in [5.74, 6) is 0. The summed E-state index contributed by atoms with van der Waals surface area (Å²) in [4.78, 5) is 0. The molecule has 82 valence electrons. The normalized spacial score (nSPS) is 46.6. The lowest BCUT2D eigenvalue weighted by molar-refractivity contribution is 0.0630. The van der Waals surface area contributed by atoms with Gasteiger partial charge in [0.15, 0.2) is 0 Å². The van der Waals surface area contributed by atoms with Gasteiger partial charge in [-0.3, -0.25) is 0 Å². The highest BCUT2D eigenvalue weighted by atomic mass is 14.7. The van der Waals surface area contributed by atoms with Crippen LogP contribution in [0.3, 0.4) is 0 Å². The minimum absolute atomic E-state index is 0.413. The molecular weight excluding hydrogens is 180 g/mol. The SMILES string of the molecule is C=C1CC(C)(C)C23CC=C(C)C12CCC3. The zero-order valence-corrected chi connectivity index (χ0v) is 10.3. The van der Waals surface area contributed by atoms with E-state index in [4.69, 9.17) is 0 Å². The average molecular weight is 202 g/mol. The Bertz CT molecular complexity index is 371. The van der Waals surface area contributed by atoms with Gasteiger partial charge >= 0.3 is 0 Å². The monoisotopic (exact) mass is 202 g/mol. The van der Waals surface area contributed by atoms with Crippen LogP contribution in [0, 0.1) is 16.2 Å². The molecule has 0 heteroatoms. The summed E-state index contributed by atoms with van der Waals surface area (Å²) in [6.07, 6.45) is 9.27. The molecule has 0 heterocycles. The maximum absolute atomic E-state index is 4.43. The highest BCUT2D eigenvalue weighted by Crippen LogP contribution is 2.78. The largest absolute Gasteiger partial charge is 0.0989 e. The van der Waals surface area contributed by atoms with Crippen molar-refractivity contribution in [3.8, 4) is 0 Å². The molecule has 2 unspecified atom stereocenters. The van der Waals surface area contributed by atoms with Crippen molar-refractivity contribution in [3.05, 3.63) is 23.8 Å². The van der Waals surface area contributed by atoms with Crippen LogP contribution in [0.2, 0.25) is 0 Å². The summed E-state index contributed by atoms with van der Waals surface area (Å²) < 4.78 is 0. The highest BCUT2D eigenvalue weighted by Gasteiger charge is 2.69. The molecule has 0 saturated heterocycles. The maximum atomic E-state index is 4.43. The van der Waals surface area contributed by atoms with E-state index in [2.05, 4.69) is 33.4 Å². The van der Waals surface area contributed by atoms with E-state index >= 15 is 0 Å². The fourth-order valence-electron chi connectivity index (χ4n) is 5.30. The maximum Gasteiger partial charge on any atom is 0.0180 e. The van der Waals surface area contributed by atoms with Crippen molar-refractivity contribution in [1.82, 2.24) is 0 Å². The fraction of sp³-hybridized carbons (Fsp3) is 0.733. The molecule has 0 spiro atoms. The Morgan fingerprint density at radius 2 is 2.00 bits per heavy atom. The molecule has 0 nitrogen and oxygen atoms in total. The number of allylic oxidation sites excluding steroid dienone is 3. The van der Waals surface area contributed by atoms with E-state index in [0.29, 0.717) is 16.2 Å². The molecule has 3 rings (SSSR count). The summed E-state index contributed by atoms with van der Waals surface area (Å²) in [5, 5.41) is 0. The van der Waals surface area contributed by atoms with Crippen LogP contribution in [0.25, 0.3) is 0 Å². The van der Waals surface area contributed by atoms with Gasteiger partial charge in [-0.05, 0) is 43.4 Å². The van der Waals surface area contributed by atoms with Gasteiger partial charge in [-0.25, -0.2) is 0 Å². The lowest BCUT2D eigenvalue weighted by atomic mass is 9.58. The van der Waals surface area contributed by atoms with E-state index in [-0.39, 0.29) is 0 Å². The predicted octanol–water partition coefficient (Wildman–Crippen LogP) is 4.48. The van der Waals surface area contributed by atoms with Crippen LogP contribution in [0.1, 0.15) is 52.9 Å². The van der Waals surface area contributed by atoms with Crippen molar-refractivity contribution in [2.75, 3.05) is 0 Å². The molecule has 2 atom stereocenters. The van der Waals surface area contributed by atoms with E-state index in [9.17, 15) is 0 Å². The van der Waals surface area contributed by atoms with Crippen molar-refractivity contribution in [2.45, 2.75) is 52.9 Å². The van der Waals surface area contributed by atoms with Gasteiger partial charge in [0.05, 0.1) is 0 Å². The summed E-state index contributed by atoms with van der Waals surface area (Å²) in [6.45, 7) is 11.7. The fourth-order valence-corrected chi connectivity index (χ4v) is 5.30. The van der Waals surface area contributed by atoms with Crippen LogP contribution < -0.4 is 0 Å². The van der Waals surface area contributed by atoms with Crippen molar-refractivity contribution in [3.63, 3.8) is 0 Å². The van der Waals surface area contributed by atoms with Crippen LogP contribution in [0.15, 0.2) is 23.8 Å². The van der Waals surface area contributed by atoms with Crippen molar-refractivity contribution >= 4 is 0 Å². The third-order valence-electron chi connectivity index (χ3n) is 5.96. The van der Waals surface area contributed by atoms with Gasteiger partial charge in [-0.2, -0.15) is 0 Å². The van der Waals surface area contributed by atoms with E-state index in [1.807, 2.05) is 0 Å². The van der Waals surface area contributed by atoms with Crippen LogP contribution in [0.4, 0.5) is 0 Å². The second-order valence-corrected chi connectivity index (χ2v) is 6.60. The molecule has 0 amide bonds. The van der Waals surface area contributed by atoms with E-state index in [0.717, 1.165) is 0 Å². The molecular formula is C15H22. The van der Waals surface area contributed by atoms with E-state index < -0.39 is 0 Å². The summed E-state index contributed by atoms with van der Waals surface area (Å²) in [5.41, 5.74) is 4.60. The molecule has 2 saturated carbocycles. The summed E-state index contributed by atoms with van der Waals surface area (Å²) in [7, 11) is 0. The molecule has 3 aliphatic rings. The van der Waals surface area contributed by atoms with Crippen LogP contribution in [0.5, 0.6) is 0 Å². The summed E-state index contributed by atoms with van der Waals surface area (Å²) in [6, 6.07) is 0. The van der Waals surface area contributed by atoms with Crippen molar-refractivity contribution in [1.29, 1.82) is 0 Å². The number of rotatable bonds is 0. The van der Waals surface area contributed by atoms with E-state index in [1.165, 1.54) is 37.7 Å². The Labute approximate surface area is 93.5 Å². The lowest BCUT2D eigenvalue weighted by Gasteiger charge is -2.44. The van der Waals surface area contributed by atoms with Crippen LogP contribution >= 0.6 is 0 Å². The van der Waals surface area contributed by atoms with Gasteiger partial charge in [-0.15, -0.1) is 0 Å². The summed E-state index contributed by atoms with van der Waals surface area (Å²) >= 11 is 0. The minimum atomic E-state index is 0.413. The molecule has 0 aliphatic heterocycles. The second-order valence-electron chi connectivity index (χ2n) is 6.60. The zero-order valence-electron chi connectivity index (χ0n) is 10.3. The highest BCUT2D eigenvalue weighted by molar-refractivity contribution is 5.45. The van der Waals surface area contributed by atoms with Gasteiger partial charge < -0.3 is 0 Å². The van der Waals surface area contributed by atoms with Gasteiger partial charge in [0.25, 0.3) is 0 Å². The van der Waals surface area contributed by atoms with Crippen molar-refractivity contribution < 1.29 is 0 Å². The first-order valence-corrected chi connectivity index (χ1v) is 6.32. The van der Waals surface area contributed by atoms with Gasteiger partial charge in [0.1, 0.15) is 0 Å². The van der Waals surface area contributed by atoms with Crippen LogP contribution in [-0.2, 0) is 0 Å². The standard InChI is InChI=1S/C15H22/c1-11-6-9-14-7-5-8-15(11,14)12(2)10-13(14,3)4/h6H,2,5,7-10H2,1,3-4H3. The van der Waals surface area contributed by atoms with Gasteiger partial charge in [0, 0.05) is 5.41 Å². The first kappa shape index (κ1) is 9.69. The van der Waals surface area contributed by atoms with Gasteiger partial charge in [-0.1, -0.05) is 44.1 Å². The van der Waals surface area contributed by atoms with Gasteiger partial charge in [0.2, 0.25) is 0 Å². The smallest absolute Gasteiger partial charge is 0.0180 e. The Kier molecular flexibility index (Phi) is 1.56. The minimum Gasteiger partial charge on any atom is -0.0989 e. The van der Waals surface area contributed by atoms with E-state index in [1.54, 1.807) is 5.57 Å². The molecule has 0 N–H and O–H groups in total. The molecule has 0 aromatic carbocycles.